The molecule has 0 spiro atoms. The average molecular weight is 518 g/mol. The molecule has 0 radical (unpaired) electrons. The van der Waals surface area contributed by atoms with Gasteiger partial charge in [-0.3, -0.25) is 9.59 Å². The zero-order valence-corrected chi connectivity index (χ0v) is 18.2. The second kappa shape index (κ2) is 8.65. The number of halogens is 8. The molecule has 2 N–H and O–H groups in total. The number of carbonyl (C=O) groups is 2. The van der Waals surface area contributed by atoms with E-state index in [9.17, 15) is 27.2 Å². The minimum absolute atomic E-state index is 0.0867. The van der Waals surface area contributed by atoms with E-state index in [1.165, 1.54) is 24.3 Å². The summed E-state index contributed by atoms with van der Waals surface area (Å²) in [5.41, 5.74) is 0.192. The molecule has 12 heteroatoms. The van der Waals surface area contributed by atoms with Crippen LogP contribution in [0.2, 0.25) is 10.0 Å². The van der Waals surface area contributed by atoms with Crippen LogP contribution in [0, 0.1) is 11.7 Å². The maximum Gasteiger partial charge on any atom is 0.405 e. The molecule has 2 aromatic carbocycles. The number of rotatable bonds is 5. The summed E-state index contributed by atoms with van der Waals surface area (Å²) >= 11 is 24.0. The van der Waals surface area contributed by atoms with Gasteiger partial charge < -0.3 is 10.6 Å². The van der Waals surface area contributed by atoms with Crippen LogP contribution >= 0.6 is 46.4 Å². The van der Waals surface area contributed by atoms with Gasteiger partial charge in [0.1, 0.15) is 16.7 Å². The van der Waals surface area contributed by atoms with Gasteiger partial charge >= 0.3 is 6.18 Å². The Morgan fingerprint density at radius 1 is 1.03 bits per heavy atom. The van der Waals surface area contributed by atoms with Gasteiger partial charge in [-0.25, -0.2) is 4.39 Å². The number of hydrogen-bond acceptors (Lipinski definition) is 2. The van der Waals surface area contributed by atoms with Crippen molar-refractivity contribution in [1.82, 2.24) is 5.32 Å². The monoisotopic (exact) mass is 516 g/mol. The van der Waals surface area contributed by atoms with Crippen molar-refractivity contribution >= 4 is 63.9 Å². The van der Waals surface area contributed by atoms with Gasteiger partial charge in [-0.2, -0.15) is 13.2 Å². The zero-order valence-electron chi connectivity index (χ0n) is 15.2. The summed E-state index contributed by atoms with van der Waals surface area (Å²) in [6.07, 6.45) is -4.60. The second-order valence-corrected chi connectivity index (χ2v) is 9.04. The molecule has 0 bridgehead atoms. The Bertz CT molecular complexity index is 1050. The summed E-state index contributed by atoms with van der Waals surface area (Å²) in [4.78, 5) is 24.7. The molecule has 2 amide bonds. The SMILES string of the molecule is O=C(NCC(F)(F)F)c1cc(NC(=O)[C@@H]2[C@@H](c3ccc(Cl)c(F)c3)C2(Cl)Cl)ccc1Cl. The third-order valence-corrected chi connectivity index (χ3v) is 6.14. The fourth-order valence-electron chi connectivity index (χ4n) is 3.05. The quantitative estimate of drug-likeness (QED) is 0.380. The van der Waals surface area contributed by atoms with Gasteiger partial charge in [0.25, 0.3) is 5.91 Å². The Morgan fingerprint density at radius 3 is 2.29 bits per heavy atom. The van der Waals surface area contributed by atoms with Gasteiger partial charge in [0.15, 0.2) is 0 Å². The number of amides is 2. The summed E-state index contributed by atoms with van der Waals surface area (Å²) in [6.45, 7) is -1.54. The molecule has 0 saturated heterocycles. The topological polar surface area (TPSA) is 58.2 Å². The van der Waals surface area contributed by atoms with Crippen molar-refractivity contribution in [2.45, 2.75) is 16.4 Å². The Hall–Kier alpha value is -1.74. The second-order valence-electron chi connectivity index (χ2n) is 6.79. The predicted molar refractivity (Wildman–Crippen MR) is 111 cm³/mol. The minimum atomic E-state index is -4.60. The van der Waals surface area contributed by atoms with Crippen molar-refractivity contribution in [3.8, 4) is 0 Å². The first kappa shape index (κ1) is 23.9. The average Bonchev–Trinajstić information content (AvgIpc) is 3.25. The number of alkyl halides is 5. The first-order valence-corrected chi connectivity index (χ1v) is 10.1. The van der Waals surface area contributed by atoms with E-state index >= 15 is 0 Å². The number of nitrogens with one attached hydrogen (secondary N) is 2. The standard InChI is InChI=1S/C19H12Cl4F4N2O2/c20-11-4-2-9(6-10(11)16(30)28-7-18(25,26)27)29-17(31)15-14(19(15,22)23)8-1-3-12(21)13(24)5-8/h1-6,14-15H,7H2,(H,28,30)(H,29,31)/t14-,15+/m1/s1. The Labute approximate surface area is 193 Å². The van der Waals surface area contributed by atoms with Crippen LogP contribution in [0.5, 0.6) is 0 Å². The Kier molecular flexibility index (Phi) is 6.68. The molecule has 31 heavy (non-hydrogen) atoms. The normalized spacial score (nSPS) is 19.6. The van der Waals surface area contributed by atoms with Crippen LogP contribution in [0.15, 0.2) is 36.4 Å². The van der Waals surface area contributed by atoms with Crippen molar-refractivity contribution in [1.29, 1.82) is 0 Å². The first-order valence-electron chi connectivity index (χ1n) is 8.59. The highest BCUT2D eigenvalue weighted by Crippen LogP contribution is 2.65. The Balaban J connectivity index is 1.74. The van der Waals surface area contributed by atoms with Crippen molar-refractivity contribution in [2.75, 3.05) is 11.9 Å². The Morgan fingerprint density at radius 2 is 1.68 bits per heavy atom. The van der Waals surface area contributed by atoms with Crippen LogP contribution < -0.4 is 10.6 Å². The fraction of sp³-hybridized carbons (Fsp3) is 0.263. The van der Waals surface area contributed by atoms with Gasteiger partial charge in [-0.05, 0) is 35.9 Å². The third kappa shape index (κ3) is 5.37. The van der Waals surface area contributed by atoms with E-state index in [2.05, 4.69) is 5.32 Å². The van der Waals surface area contributed by atoms with Gasteiger partial charge in [-0.1, -0.05) is 29.3 Å². The molecular weight excluding hydrogens is 506 g/mol. The van der Waals surface area contributed by atoms with Crippen LogP contribution in [0.3, 0.4) is 0 Å². The van der Waals surface area contributed by atoms with E-state index in [1.54, 1.807) is 5.32 Å². The fourth-order valence-corrected chi connectivity index (χ4v) is 4.20. The molecule has 1 saturated carbocycles. The maximum absolute atomic E-state index is 13.7. The number of anilines is 1. The highest BCUT2D eigenvalue weighted by molar-refractivity contribution is 6.53. The summed E-state index contributed by atoms with van der Waals surface area (Å²) in [6, 6.07) is 7.65. The molecule has 0 unspecified atom stereocenters. The molecule has 4 nitrogen and oxygen atoms in total. The lowest BCUT2D eigenvalue weighted by Gasteiger charge is -2.11. The molecule has 1 fully saturated rings. The minimum Gasteiger partial charge on any atom is -0.343 e. The van der Waals surface area contributed by atoms with Crippen LogP contribution in [-0.2, 0) is 4.79 Å². The number of hydrogen-bond donors (Lipinski definition) is 2. The van der Waals surface area contributed by atoms with Gasteiger partial charge in [0.2, 0.25) is 5.91 Å². The summed E-state index contributed by atoms with van der Waals surface area (Å²) < 4.78 is 49.2. The molecule has 1 aliphatic carbocycles. The molecule has 2 atom stereocenters. The number of carbonyl (C=O) groups excluding carboxylic acids is 2. The van der Waals surface area contributed by atoms with Gasteiger partial charge in [-0.15, -0.1) is 23.2 Å². The van der Waals surface area contributed by atoms with Crippen LogP contribution in [0.4, 0.5) is 23.2 Å². The van der Waals surface area contributed by atoms with Crippen LogP contribution in [0.25, 0.3) is 0 Å². The summed E-state index contributed by atoms with van der Waals surface area (Å²) in [5, 5.41) is 3.98. The van der Waals surface area contributed by atoms with Crippen LogP contribution in [0.1, 0.15) is 21.8 Å². The smallest absolute Gasteiger partial charge is 0.343 e. The van der Waals surface area contributed by atoms with E-state index in [1.807, 2.05) is 0 Å². The van der Waals surface area contributed by atoms with Crippen molar-refractivity contribution in [3.05, 3.63) is 63.4 Å². The molecule has 0 heterocycles. The molecule has 1 aliphatic rings. The van der Waals surface area contributed by atoms with E-state index in [0.29, 0.717) is 5.56 Å². The van der Waals surface area contributed by atoms with Crippen molar-refractivity contribution < 1.29 is 27.2 Å². The molecular formula is C19H12Cl4F4N2O2. The van der Waals surface area contributed by atoms with E-state index in [4.69, 9.17) is 46.4 Å². The molecule has 0 aliphatic heterocycles. The van der Waals surface area contributed by atoms with Crippen molar-refractivity contribution in [3.63, 3.8) is 0 Å². The largest absolute Gasteiger partial charge is 0.405 e. The lowest BCUT2D eigenvalue weighted by atomic mass is 10.1. The predicted octanol–water partition coefficient (Wildman–Crippen LogP) is 5.95. The van der Waals surface area contributed by atoms with E-state index in [0.717, 1.165) is 12.1 Å². The molecule has 3 rings (SSSR count). The maximum atomic E-state index is 13.7. The van der Waals surface area contributed by atoms with Crippen molar-refractivity contribution in [2.24, 2.45) is 5.92 Å². The zero-order chi connectivity index (χ0) is 23.1. The molecule has 166 valence electrons. The highest BCUT2D eigenvalue weighted by Gasteiger charge is 2.67. The molecule has 0 aromatic heterocycles. The lowest BCUT2D eigenvalue weighted by molar-refractivity contribution is -0.123. The third-order valence-electron chi connectivity index (χ3n) is 4.57. The highest BCUT2D eigenvalue weighted by atomic mass is 35.5. The summed E-state index contributed by atoms with van der Waals surface area (Å²) in [5.74, 6) is -4.06. The van der Waals surface area contributed by atoms with Gasteiger partial charge in [0.05, 0.1) is 21.5 Å². The van der Waals surface area contributed by atoms with E-state index < -0.39 is 46.5 Å². The van der Waals surface area contributed by atoms with Crippen LogP contribution in [-0.4, -0.2) is 28.9 Å². The lowest BCUT2D eigenvalue weighted by Crippen LogP contribution is -2.33. The van der Waals surface area contributed by atoms with Gasteiger partial charge in [0, 0.05) is 11.6 Å². The number of benzene rings is 2. The summed E-state index contributed by atoms with van der Waals surface area (Å²) in [7, 11) is 0. The first-order chi connectivity index (χ1) is 14.3. The molecule has 2 aromatic rings. The van der Waals surface area contributed by atoms with E-state index in [-0.39, 0.29) is 21.3 Å².